The number of nitrogens with one attached hydrogen (secondary N) is 1. The SMILES string of the molecule is CCOc1cc(C=C(C#N)C(=O)NC2CCCCC2)ccc1OCc1ccc(F)cc1. The first-order valence-electron chi connectivity index (χ1n) is 10.7. The Kier molecular flexibility index (Phi) is 8.05. The summed E-state index contributed by atoms with van der Waals surface area (Å²) in [5.41, 5.74) is 1.57. The molecule has 1 N–H and O–H groups in total. The van der Waals surface area contributed by atoms with Gasteiger partial charge < -0.3 is 14.8 Å². The van der Waals surface area contributed by atoms with Crippen LogP contribution in [-0.2, 0) is 11.4 Å². The van der Waals surface area contributed by atoms with Crippen molar-refractivity contribution in [2.75, 3.05) is 6.61 Å². The number of halogens is 1. The average molecular weight is 423 g/mol. The van der Waals surface area contributed by atoms with Crippen molar-refractivity contribution in [3.8, 4) is 17.6 Å². The van der Waals surface area contributed by atoms with Crippen LogP contribution in [0.3, 0.4) is 0 Å². The minimum atomic E-state index is -0.344. The maximum atomic E-state index is 13.1. The lowest BCUT2D eigenvalue weighted by molar-refractivity contribution is -0.117. The Labute approximate surface area is 182 Å². The normalized spacial score (nSPS) is 14.5. The van der Waals surface area contributed by atoms with E-state index in [1.54, 1.807) is 36.4 Å². The molecule has 1 saturated carbocycles. The van der Waals surface area contributed by atoms with Gasteiger partial charge in [-0.2, -0.15) is 5.26 Å². The maximum absolute atomic E-state index is 13.1. The van der Waals surface area contributed by atoms with Crippen molar-refractivity contribution in [1.82, 2.24) is 5.32 Å². The summed E-state index contributed by atoms with van der Waals surface area (Å²) in [6, 6.07) is 13.5. The summed E-state index contributed by atoms with van der Waals surface area (Å²) in [5.74, 6) is 0.413. The summed E-state index contributed by atoms with van der Waals surface area (Å²) >= 11 is 0. The van der Waals surface area contributed by atoms with E-state index < -0.39 is 0 Å². The Balaban J connectivity index is 1.72. The minimum Gasteiger partial charge on any atom is -0.490 e. The Morgan fingerprint density at radius 2 is 1.87 bits per heavy atom. The van der Waals surface area contributed by atoms with Crippen LogP contribution in [-0.4, -0.2) is 18.6 Å². The smallest absolute Gasteiger partial charge is 0.262 e. The predicted octanol–water partition coefficient (Wildman–Crippen LogP) is 5.16. The lowest BCUT2D eigenvalue weighted by atomic mass is 9.95. The molecule has 31 heavy (non-hydrogen) atoms. The number of benzene rings is 2. The summed E-state index contributed by atoms with van der Waals surface area (Å²) in [5, 5.41) is 12.5. The van der Waals surface area contributed by atoms with Crippen molar-refractivity contribution in [3.63, 3.8) is 0 Å². The van der Waals surface area contributed by atoms with E-state index in [0.717, 1.165) is 31.2 Å². The van der Waals surface area contributed by atoms with Gasteiger partial charge in [0.1, 0.15) is 24.1 Å². The number of hydrogen-bond acceptors (Lipinski definition) is 4. The molecule has 162 valence electrons. The van der Waals surface area contributed by atoms with E-state index in [9.17, 15) is 14.4 Å². The lowest BCUT2D eigenvalue weighted by Crippen LogP contribution is -2.36. The minimum absolute atomic E-state index is 0.0630. The first-order chi connectivity index (χ1) is 15.1. The highest BCUT2D eigenvalue weighted by Gasteiger charge is 2.18. The number of nitriles is 1. The van der Waals surface area contributed by atoms with Crippen LogP contribution in [0.1, 0.15) is 50.2 Å². The number of hydrogen-bond donors (Lipinski definition) is 1. The van der Waals surface area contributed by atoms with E-state index in [2.05, 4.69) is 5.32 Å². The summed E-state index contributed by atoms with van der Waals surface area (Å²) in [6.07, 6.45) is 6.88. The summed E-state index contributed by atoms with van der Waals surface area (Å²) in [4.78, 5) is 12.5. The van der Waals surface area contributed by atoms with Crippen LogP contribution in [0.5, 0.6) is 11.5 Å². The van der Waals surface area contributed by atoms with Crippen LogP contribution >= 0.6 is 0 Å². The fourth-order valence-electron chi connectivity index (χ4n) is 3.57. The molecule has 5 nitrogen and oxygen atoms in total. The molecule has 2 aromatic carbocycles. The number of carbonyl (C=O) groups excluding carboxylic acids is 1. The van der Waals surface area contributed by atoms with E-state index in [1.807, 2.05) is 13.0 Å². The van der Waals surface area contributed by atoms with Crippen molar-refractivity contribution in [2.24, 2.45) is 0 Å². The Bertz CT molecular complexity index is 958. The molecule has 2 aromatic rings. The summed E-state index contributed by atoms with van der Waals surface area (Å²) in [6.45, 7) is 2.57. The van der Waals surface area contributed by atoms with E-state index in [4.69, 9.17) is 9.47 Å². The molecule has 0 aromatic heterocycles. The van der Waals surface area contributed by atoms with Crippen LogP contribution in [0.15, 0.2) is 48.0 Å². The van der Waals surface area contributed by atoms with Gasteiger partial charge in [0.2, 0.25) is 0 Å². The highest BCUT2D eigenvalue weighted by atomic mass is 19.1. The zero-order chi connectivity index (χ0) is 22.1. The largest absolute Gasteiger partial charge is 0.490 e. The van der Waals surface area contributed by atoms with Crippen molar-refractivity contribution in [3.05, 3.63) is 65.0 Å². The maximum Gasteiger partial charge on any atom is 0.262 e. The number of ether oxygens (including phenoxy) is 2. The molecular weight excluding hydrogens is 395 g/mol. The van der Waals surface area contributed by atoms with Crippen LogP contribution in [0, 0.1) is 17.1 Å². The molecule has 0 atom stereocenters. The zero-order valence-electron chi connectivity index (χ0n) is 17.7. The lowest BCUT2D eigenvalue weighted by Gasteiger charge is -2.22. The molecule has 1 fully saturated rings. The Morgan fingerprint density at radius 3 is 2.55 bits per heavy atom. The number of amides is 1. The van der Waals surface area contributed by atoms with Gasteiger partial charge in [-0.15, -0.1) is 0 Å². The van der Waals surface area contributed by atoms with Crippen LogP contribution in [0.2, 0.25) is 0 Å². The third kappa shape index (κ3) is 6.58. The van der Waals surface area contributed by atoms with E-state index in [1.165, 1.54) is 18.6 Å². The quantitative estimate of drug-likeness (QED) is 0.471. The van der Waals surface area contributed by atoms with Crippen LogP contribution in [0.4, 0.5) is 4.39 Å². The van der Waals surface area contributed by atoms with Gasteiger partial charge in [-0.05, 0) is 61.2 Å². The van der Waals surface area contributed by atoms with E-state index >= 15 is 0 Å². The first kappa shape index (κ1) is 22.4. The fourth-order valence-corrected chi connectivity index (χ4v) is 3.57. The van der Waals surface area contributed by atoms with Crippen molar-refractivity contribution < 1.29 is 18.7 Å². The Morgan fingerprint density at radius 1 is 1.13 bits per heavy atom. The first-order valence-corrected chi connectivity index (χ1v) is 10.7. The molecule has 0 heterocycles. The standard InChI is InChI=1S/C25H27FN2O3/c1-2-30-24-15-19(10-13-23(24)31-17-18-8-11-21(26)12-9-18)14-20(16-27)25(29)28-22-6-4-3-5-7-22/h8-15,22H,2-7,17H2,1H3,(H,28,29). The van der Waals surface area contributed by atoms with Crippen molar-refractivity contribution >= 4 is 12.0 Å². The van der Waals surface area contributed by atoms with Crippen LogP contribution in [0.25, 0.3) is 6.08 Å². The topological polar surface area (TPSA) is 71.3 Å². The van der Waals surface area contributed by atoms with Gasteiger partial charge in [0.25, 0.3) is 5.91 Å². The molecule has 0 saturated heterocycles. The molecule has 0 unspecified atom stereocenters. The van der Waals surface area contributed by atoms with Gasteiger partial charge in [0.15, 0.2) is 11.5 Å². The second-order valence-electron chi connectivity index (χ2n) is 7.53. The third-order valence-electron chi connectivity index (χ3n) is 5.19. The number of rotatable bonds is 8. The van der Waals surface area contributed by atoms with Gasteiger partial charge in [-0.3, -0.25) is 4.79 Å². The summed E-state index contributed by atoms with van der Waals surface area (Å²) < 4.78 is 24.6. The molecular formula is C25H27FN2O3. The fraction of sp³-hybridized carbons (Fsp3) is 0.360. The molecule has 1 aliphatic carbocycles. The van der Waals surface area contributed by atoms with Gasteiger partial charge in [-0.25, -0.2) is 4.39 Å². The molecule has 0 spiro atoms. The molecule has 0 aliphatic heterocycles. The second kappa shape index (κ2) is 11.2. The molecule has 0 radical (unpaired) electrons. The van der Waals surface area contributed by atoms with Gasteiger partial charge >= 0.3 is 0 Å². The highest BCUT2D eigenvalue weighted by molar-refractivity contribution is 6.01. The zero-order valence-corrected chi connectivity index (χ0v) is 17.7. The van der Waals surface area contributed by atoms with E-state index in [0.29, 0.717) is 23.7 Å². The van der Waals surface area contributed by atoms with Crippen LogP contribution < -0.4 is 14.8 Å². The molecule has 0 bridgehead atoms. The second-order valence-corrected chi connectivity index (χ2v) is 7.53. The predicted molar refractivity (Wildman–Crippen MR) is 117 cm³/mol. The van der Waals surface area contributed by atoms with Crippen molar-refractivity contribution in [2.45, 2.75) is 51.7 Å². The average Bonchev–Trinajstić information content (AvgIpc) is 2.79. The molecule has 6 heteroatoms. The third-order valence-corrected chi connectivity index (χ3v) is 5.19. The van der Waals surface area contributed by atoms with Gasteiger partial charge in [0.05, 0.1) is 6.61 Å². The highest BCUT2D eigenvalue weighted by Crippen LogP contribution is 2.30. The van der Waals surface area contributed by atoms with Gasteiger partial charge in [-0.1, -0.05) is 37.5 Å². The van der Waals surface area contributed by atoms with Gasteiger partial charge in [0, 0.05) is 6.04 Å². The monoisotopic (exact) mass is 422 g/mol. The molecule has 1 amide bonds. The number of nitrogens with zero attached hydrogens (tertiary/aromatic N) is 1. The summed E-state index contributed by atoms with van der Waals surface area (Å²) in [7, 11) is 0. The van der Waals surface area contributed by atoms with Crippen molar-refractivity contribution in [1.29, 1.82) is 5.26 Å². The van der Waals surface area contributed by atoms with E-state index in [-0.39, 0.29) is 29.9 Å². The molecule has 1 aliphatic rings. The number of carbonyl (C=O) groups is 1. The Hall–Kier alpha value is -3.33. The molecule has 3 rings (SSSR count).